The van der Waals surface area contributed by atoms with E-state index >= 15 is 0 Å². The van der Waals surface area contributed by atoms with Gasteiger partial charge in [-0.25, -0.2) is 0 Å². The summed E-state index contributed by atoms with van der Waals surface area (Å²) in [5, 5.41) is 3.18. The molecule has 1 aromatic carbocycles. The molecule has 1 aliphatic rings. The van der Waals surface area contributed by atoms with Gasteiger partial charge < -0.3 is 5.32 Å². The lowest BCUT2D eigenvalue weighted by Crippen LogP contribution is -2.37. The van der Waals surface area contributed by atoms with E-state index in [1.54, 1.807) is 12.1 Å². The predicted molar refractivity (Wildman–Crippen MR) is 87.9 cm³/mol. The van der Waals surface area contributed by atoms with Crippen molar-refractivity contribution >= 4 is 24.8 Å². The van der Waals surface area contributed by atoms with Gasteiger partial charge in [0.2, 0.25) is 0 Å². The quantitative estimate of drug-likeness (QED) is 0.851. The Balaban J connectivity index is 0.00000220. The number of hydrogen-bond donors (Lipinski definition) is 1. The fourth-order valence-corrected chi connectivity index (χ4v) is 2.87. The Bertz CT molecular complexity index is 441. The van der Waals surface area contributed by atoms with Crippen molar-refractivity contribution in [1.82, 2.24) is 10.2 Å². The fraction of sp³-hybridized carbons (Fsp3) is 0.600. The molecule has 0 spiro atoms. The average Bonchev–Trinajstić information content (AvgIpc) is 2.85. The summed E-state index contributed by atoms with van der Waals surface area (Å²) in [6.07, 6.45) is -1.97. The highest BCUT2D eigenvalue weighted by atomic mass is 35.5. The van der Waals surface area contributed by atoms with Crippen LogP contribution >= 0.6 is 24.8 Å². The van der Waals surface area contributed by atoms with Crippen LogP contribution in [-0.4, -0.2) is 30.6 Å². The van der Waals surface area contributed by atoms with Gasteiger partial charge in [0.05, 0.1) is 5.56 Å². The van der Waals surface area contributed by atoms with E-state index in [-0.39, 0.29) is 31.4 Å². The molecule has 128 valence electrons. The minimum Gasteiger partial charge on any atom is -0.311 e. The van der Waals surface area contributed by atoms with Crippen LogP contribution in [0.2, 0.25) is 0 Å². The molecule has 0 saturated carbocycles. The zero-order valence-electron chi connectivity index (χ0n) is 12.5. The van der Waals surface area contributed by atoms with Crippen molar-refractivity contribution in [2.24, 2.45) is 0 Å². The van der Waals surface area contributed by atoms with E-state index in [2.05, 4.69) is 17.1 Å². The summed E-state index contributed by atoms with van der Waals surface area (Å²) in [5.74, 6) is 0. The number of nitrogens with one attached hydrogen (secondary N) is 1. The van der Waals surface area contributed by atoms with E-state index in [1.807, 2.05) is 0 Å². The van der Waals surface area contributed by atoms with Crippen molar-refractivity contribution in [3.05, 3.63) is 35.4 Å². The molecule has 2 rings (SSSR count). The SMILES string of the molecule is CCN1CCCC1CNCc1ccccc1C(F)(F)F.Cl.Cl. The maximum atomic E-state index is 12.9. The van der Waals surface area contributed by atoms with E-state index in [9.17, 15) is 13.2 Å². The first-order chi connectivity index (χ1) is 9.52. The van der Waals surface area contributed by atoms with Gasteiger partial charge in [-0.05, 0) is 37.6 Å². The first-order valence-electron chi connectivity index (χ1n) is 7.12. The Hall–Kier alpha value is -0.490. The molecule has 0 radical (unpaired) electrons. The van der Waals surface area contributed by atoms with E-state index in [0.717, 1.165) is 32.1 Å². The third-order valence-electron chi connectivity index (χ3n) is 3.92. The highest BCUT2D eigenvalue weighted by Crippen LogP contribution is 2.31. The van der Waals surface area contributed by atoms with Crippen LogP contribution in [0.4, 0.5) is 13.2 Å². The highest BCUT2D eigenvalue weighted by Gasteiger charge is 2.32. The molecule has 2 nitrogen and oxygen atoms in total. The largest absolute Gasteiger partial charge is 0.416 e. The van der Waals surface area contributed by atoms with Gasteiger partial charge in [-0.1, -0.05) is 25.1 Å². The lowest BCUT2D eigenvalue weighted by atomic mass is 10.1. The van der Waals surface area contributed by atoms with Crippen LogP contribution in [0.5, 0.6) is 0 Å². The smallest absolute Gasteiger partial charge is 0.311 e. The first-order valence-corrected chi connectivity index (χ1v) is 7.12. The molecule has 0 aromatic heterocycles. The van der Waals surface area contributed by atoms with Crippen molar-refractivity contribution in [3.8, 4) is 0 Å². The third-order valence-corrected chi connectivity index (χ3v) is 3.92. The molecule has 7 heteroatoms. The monoisotopic (exact) mass is 358 g/mol. The van der Waals surface area contributed by atoms with Crippen LogP contribution in [0.25, 0.3) is 0 Å². The van der Waals surface area contributed by atoms with Gasteiger partial charge >= 0.3 is 6.18 Å². The van der Waals surface area contributed by atoms with Crippen LogP contribution in [0.15, 0.2) is 24.3 Å². The molecule has 1 heterocycles. The Morgan fingerprint density at radius 2 is 1.91 bits per heavy atom. The van der Waals surface area contributed by atoms with E-state index in [4.69, 9.17) is 0 Å². The second-order valence-electron chi connectivity index (χ2n) is 5.21. The molecule has 0 aliphatic carbocycles. The van der Waals surface area contributed by atoms with Gasteiger partial charge in [0.1, 0.15) is 0 Å². The standard InChI is InChI=1S/C15H21F3N2.2ClH/c1-2-20-9-5-7-13(20)11-19-10-12-6-3-4-8-14(12)15(16,17)18;;/h3-4,6,8,13,19H,2,5,7,9-11H2,1H3;2*1H. The molecule has 1 aromatic rings. The predicted octanol–water partition coefficient (Wildman–Crippen LogP) is 4.12. The molecular formula is C15H23Cl2F3N2. The molecule has 1 N–H and O–H groups in total. The number of benzene rings is 1. The molecule has 1 unspecified atom stereocenters. The second-order valence-corrected chi connectivity index (χ2v) is 5.21. The molecular weight excluding hydrogens is 336 g/mol. The third kappa shape index (κ3) is 5.61. The number of rotatable bonds is 5. The number of likely N-dealkylation sites (N-methyl/N-ethyl adjacent to an activating group) is 1. The molecule has 1 atom stereocenters. The minimum atomic E-state index is -4.28. The molecule has 1 fully saturated rings. The summed E-state index contributed by atoms with van der Waals surface area (Å²) in [6.45, 7) is 5.24. The fourth-order valence-electron chi connectivity index (χ4n) is 2.87. The van der Waals surface area contributed by atoms with E-state index in [1.165, 1.54) is 12.5 Å². The lowest BCUT2D eigenvalue weighted by Gasteiger charge is -2.23. The van der Waals surface area contributed by atoms with Crippen molar-refractivity contribution in [1.29, 1.82) is 0 Å². The van der Waals surface area contributed by atoms with Crippen LogP contribution < -0.4 is 5.32 Å². The number of hydrogen-bond acceptors (Lipinski definition) is 2. The number of likely N-dealkylation sites (tertiary alicyclic amines) is 1. The summed E-state index contributed by atoms with van der Waals surface area (Å²) in [5.41, 5.74) is -0.215. The van der Waals surface area contributed by atoms with Gasteiger partial charge in [0.15, 0.2) is 0 Å². The molecule has 1 aliphatic heterocycles. The van der Waals surface area contributed by atoms with Crippen LogP contribution in [0, 0.1) is 0 Å². The molecule has 1 saturated heterocycles. The van der Waals surface area contributed by atoms with Crippen LogP contribution in [0.3, 0.4) is 0 Å². The van der Waals surface area contributed by atoms with E-state index < -0.39 is 11.7 Å². The zero-order valence-corrected chi connectivity index (χ0v) is 14.2. The van der Waals surface area contributed by atoms with Crippen molar-refractivity contribution in [2.45, 2.75) is 38.5 Å². The highest BCUT2D eigenvalue weighted by molar-refractivity contribution is 5.85. The summed E-state index contributed by atoms with van der Waals surface area (Å²) in [7, 11) is 0. The number of alkyl halides is 3. The average molecular weight is 359 g/mol. The van der Waals surface area contributed by atoms with Crippen molar-refractivity contribution in [3.63, 3.8) is 0 Å². The molecule has 22 heavy (non-hydrogen) atoms. The summed E-state index contributed by atoms with van der Waals surface area (Å²) < 4.78 is 38.6. The van der Waals surface area contributed by atoms with Gasteiger partial charge in [-0.2, -0.15) is 13.2 Å². The van der Waals surface area contributed by atoms with Gasteiger partial charge in [0, 0.05) is 19.1 Å². The second kappa shape index (κ2) is 9.60. The van der Waals surface area contributed by atoms with E-state index in [0.29, 0.717) is 11.6 Å². The Morgan fingerprint density at radius 1 is 1.23 bits per heavy atom. The molecule has 0 bridgehead atoms. The maximum Gasteiger partial charge on any atom is 0.416 e. The van der Waals surface area contributed by atoms with Gasteiger partial charge in [-0.3, -0.25) is 4.90 Å². The van der Waals surface area contributed by atoms with Crippen molar-refractivity contribution in [2.75, 3.05) is 19.6 Å². The maximum absolute atomic E-state index is 12.9. The number of nitrogens with zero attached hydrogens (tertiary/aromatic N) is 1. The Labute approximate surface area is 142 Å². The Morgan fingerprint density at radius 3 is 2.55 bits per heavy atom. The molecule has 0 amide bonds. The number of halogens is 5. The zero-order chi connectivity index (χ0) is 14.6. The topological polar surface area (TPSA) is 15.3 Å². The van der Waals surface area contributed by atoms with Gasteiger partial charge in [0.25, 0.3) is 0 Å². The normalized spacial score (nSPS) is 18.6. The summed E-state index contributed by atoms with van der Waals surface area (Å²) >= 11 is 0. The Kier molecular flexibility index (Phi) is 9.39. The first kappa shape index (κ1) is 21.5. The van der Waals surface area contributed by atoms with Crippen molar-refractivity contribution < 1.29 is 13.2 Å². The van der Waals surface area contributed by atoms with Gasteiger partial charge in [-0.15, -0.1) is 24.8 Å². The summed E-state index contributed by atoms with van der Waals surface area (Å²) in [6, 6.07) is 6.23. The minimum absolute atomic E-state index is 0. The lowest BCUT2D eigenvalue weighted by molar-refractivity contribution is -0.138. The van der Waals surface area contributed by atoms with Crippen LogP contribution in [0.1, 0.15) is 30.9 Å². The summed E-state index contributed by atoms with van der Waals surface area (Å²) in [4.78, 5) is 2.38. The van der Waals surface area contributed by atoms with Crippen LogP contribution in [-0.2, 0) is 12.7 Å².